The van der Waals surface area contributed by atoms with Crippen LogP contribution in [0.3, 0.4) is 0 Å². The van der Waals surface area contributed by atoms with Crippen LogP contribution >= 0.6 is 11.8 Å². The summed E-state index contributed by atoms with van der Waals surface area (Å²) in [5, 5.41) is 5.67. The van der Waals surface area contributed by atoms with Gasteiger partial charge in [0.2, 0.25) is 11.8 Å². The van der Waals surface area contributed by atoms with Gasteiger partial charge in [0.05, 0.1) is 16.3 Å². The maximum absolute atomic E-state index is 12.7. The standard InChI is InChI=1S/C21H24N2O4S2/c1-13-5-4-6-17(15(13)3)22-20(24)9-10-29(26,27)16-7-8-19-18(12-16)23-21(25)11-14(2)28-19/h4-8,12,14H,9-11H2,1-3H3,(H,22,24)(H,23,25). The van der Waals surface area contributed by atoms with Crippen molar-refractivity contribution in [1.82, 2.24) is 0 Å². The zero-order valence-corrected chi connectivity index (χ0v) is 18.2. The van der Waals surface area contributed by atoms with Crippen molar-refractivity contribution in [1.29, 1.82) is 0 Å². The molecule has 29 heavy (non-hydrogen) atoms. The fraction of sp³-hybridized carbons (Fsp3) is 0.333. The Hall–Kier alpha value is -2.32. The maximum atomic E-state index is 12.7. The highest BCUT2D eigenvalue weighted by Gasteiger charge is 2.23. The average Bonchev–Trinajstić information content (AvgIpc) is 2.79. The summed E-state index contributed by atoms with van der Waals surface area (Å²) in [7, 11) is -3.66. The first kappa shape index (κ1) is 21.4. The molecule has 0 aliphatic carbocycles. The van der Waals surface area contributed by atoms with Gasteiger partial charge in [-0.25, -0.2) is 8.42 Å². The number of benzene rings is 2. The second kappa shape index (κ2) is 8.59. The third-order valence-electron chi connectivity index (χ3n) is 4.86. The first-order chi connectivity index (χ1) is 13.7. The van der Waals surface area contributed by atoms with Crippen molar-refractivity contribution in [2.45, 2.75) is 48.7 Å². The largest absolute Gasteiger partial charge is 0.326 e. The van der Waals surface area contributed by atoms with Crippen molar-refractivity contribution in [3.63, 3.8) is 0 Å². The van der Waals surface area contributed by atoms with Gasteiger partial charge < -0.3 is 10.6 Å². The van der Waals surface area contributed by atoms with Crippen molar-refractivity contribution in [3.8, 4) is 0 Å². The molecule has 0 saturated carbocycles. The topological polar surface area (TPSA) is 92.3 Å². The van der Waals surface area contributed by atoms with E-state index in [1.54, 1.807) is 12.1 Å². The quantitative estimate of drug-likeness (QED) is 0.747. The van der Waals surface area contributed by atoms with Crippen LogP contribution in [0.5, 0.6) is 0 Å². The van der Waals surface area contributed by atoms with E-state index in [9.17, 15) is 18.0 Å². The second-order valence-electron chi connectivity index (χ2n) is 7.20. The zero-order chi connectivity index (χ0) is 21.2. The van der Waals surface area contributed by atoms with E-state index in [0.29, 0.717) is 17.8 Å². The summed E-state index contributed by atoms with van der Waals surface area (Å²) in [5.41, 5.74) is 3.20. The summed E-state index contributed by atoms with van der Waals surface area (Å²) in [5.74, 6) is -0.791. The zero-order valence-electron chi connectivity index (χ0n) is 16.6. The predicted molar refractivity (Wildman–Crippen MR) is 116 cm³/mol. The third-order valence-corrected chi connectivity index (χ3v) is 7.75. The molecule has 0 aromatic heterocycles. The number of rotatable bonds is 5. The number of hydrogen-bond acceptors (Lipinski definition) is 5. The molecule has 0 spiro atoms. The Balaban J connectivity index is 1.70. The normalized spacial score (nSPS) is 16.5. The van der Waals surface area contributed by atoms with E-state index < -0.39 is 9.84 Å². The van der Waals surface area contributed by atoms with E-state index in [1.807, 2.05) is 32.9 Å². The van der Waals surface area contributed by atoms with Gasteiger partial charge in [-0.05, 0) is 49.2 Å². The van der Waals surface area contributed by atoms with Crippen LogP contribution in [0.4, 0.5) is 11.4 Å². The van der Waals surface area contributed by atoms with Crippen LogP contribution < -0.4 is 10.6 Å². The number of anilines is 2. The Bertz CT molecular complexity index is 1060. The van der Waals surface area contributed by atoms with Crippen LogP contribution in [-0.4, -0.2) is 31.2 Å². The predicted octanol–water partition coefficient (Wildman–Crippen LogP) is 3.93. The molecule has 1 aliphatic rings. The molecule has 1 aliphatic heterocycles. The lowest BCUT2D eigenvalue weighted by atomic mass is 10.1. The van der Waals surface area contributed by atoms with E-state index in [-0.39, 0.29) is 34.1 Å². The fourth-order valence-electron chi connectivity index (χ4n) is 3.07. The molecular formula is C21H24N2O4S2. The lowest BCUT2D eigenvalue weighted by Crippen LogP contribution is -2.18. The summed E-state index contributed by atoms with van der Waals surface area (Å²) < 4.78 is 25.5. The minimum atomic E-state index is -3.66. The smallest absolute Gasteiger partial charge is 0.225 e. The van der Waals surface area contributed by atoms with Crippen LogP contribution in [0.25, 0.3) is 0 Å². The SMILES string of the molecule is Cc1cccc(NC(=O)CCS(=O)(=O)c2ccc3c(c2)NC(=O)CC(C)S3)c1C. The number of sulfone groups is 1. The van der Waals surface area contributed by atoms with Gasteiger partial charge in [0.15, 0.2) is 9.84 Å². The van der Waals surface area contributed by atoms with Crippen molar-refractivity contribution in [3.05, 3.63) is 47.5 Å². The monoisotopic (exact) mass is 432 g/mol. The molecule has 2 aromatic rings. The Morgan fingerprint density at radius 1 is 1.24 bits per heavy atom. The Kier molecular flexibility index (Phi) is 6.33. The molecule has 2 N–H and O–H groups in total. The number of fused-ring (bicyclic) bond motifs is 1. The van der Waals surface area contributed by atoms with Gasteiger partial charge in [-0.3, -0.25) is 9.59 Å². The average molecular weight is 433 g/mol. The highest BCUT2D eigenvalue weighted by Crippen LogP contribution is 2.36. The first-order valence-corrected chi connectivity index (χ1v) is 11.9. The molecule has 1 unspecified atom stereocenters. The number of amides is 2. The summed E-state index contributed by atoms with van der Waals surface area (Å²) >= 11 is 1.54. The minimum Gasteiger partial charge on any atom is -0.326 e. The van der Waals surface area contributed by atoms with Crippen LogP contribution in [0, 0.1) is 13.8 Å². The Labute approximate surface area is 175 Å². The highest BCUT2D eigenvalue weighted by atomic mass is 32.2. The number of thioether (sulfide) groups is 1. The maximum Gasteiger partial charge on any atom is 0.225 e. The number of carbonyl (C=O) groups excluding carboxylic acids is 2. The van der Waals surface area contributed by atoms with Gasteiger partial charge in [-0.2, -0.15) is 0 Å². The molecule has 0 radical (unpaired) electrons. The number of aryl methyl sites for hydroxylation is 1. The van der Waals surface area contributed by atoms with E-state index in [1.165, 1.54) is 23.9 Å². The second-order valence-corrected chi connectivity index (χ2v) is 10.8. The Morgan fingerprint density at radius 3 is 2.76 bits per heavy atom. The summed E-state index contributed by atoms with van der Waals surface area (Å²) in [6.45, 7) is 5.81. The van der Waals surface area contributed by atoms with Crippen molar-refractivity contribution in [2.24, 2.45) is 0 Å². The van der Waals surface area contributed by atoms with E-state index in [4.69, 9.17) is 0 Å². The fourth-order valence-corrected chi connectivity index (χ4v) is 5.38. The molecule has 6 nitrogen and oxygen atoms in total. The molecule has 0 fully saturated rings. The molecule has 1 atom stereocenters. The van der Waals surface area contributed by atoms with Crippen molar-refractivity contribution in [2.75, 3.05) is 16.4 Å². The van der Waals surface area contributed by atoms with Gasteiger partial charge in [-0.1, -0.05) is 19.1 Å². The van der Waals surface area contributed by atoms with Gasteiger partial charge in [0.1, 0.15) is 0 Å². The van der Waals surface area contributed by atoms with E-state index >= 15 is 0 Å². The number of nitrogens with one attached hydrogen (secondary N) is 2. The summed E-state index contributed by atoms with van der Waals surface area (Å²) in [6.07, 6.45) is 0.227. The van der Waals surface area contributed by atoms with E-state index in [0.717, 1.165) is 16.0 Å². The van der Waals surface area contributed by atoms with Gasteiger partial charge in [0.25, 0.3) is 0 Å². The molecule has 1 heterocycles. The van der Waals surface area contributed by atoms with Crippen LogP contribution in [0.15, 0.2) is 46.2 Å². The van der Waals surface area contributed by atoms with Gasteiger partial charge >= 0.3 is 0 Å². The minimum absolute atomic E-state index is 0.103. The van der Waals surface area contributed by atoms with Gasteiger partial charge in [0, 0.05) is 28.7 Å². The molecule has 2 aromatic carbocycles. The van der Waals surface area contributed by atoms with Crippen LogP contribution in [0.2, 0.25) is 0 Å². The molecule has 8 heteroatoms. The van der Waals surface area contributed by atoms with Crippen LogP contribution in [-0.2, 0) is 19.4 Å². The first-order valence-electron chi connectivity index (χ1n) is 9.35. The van der Waals surface area contributed by atoms with Crippen molar-refractivity contribution >= 4 is 44.8 Å². The molecular weight excluding hydrogens is 408 g/mol. The molecule has 0 saturated heterocycles. The van der Waals surface area contributed by atoms with Gasteiger partial charge in [-0.15, -0.1) is 11.8 Å². The van der Waals surface area contributed by atoms with Crippen LogP contribution in [0.1, 0.15) is 30.9 Å². The number of carbonyl (C=O) groups is 2. The highest BCUT2D eigenvalue weighted by molar-refractivity contribution is 8.00. The summed E-state index contributed by atoms with van der Waals surface area (Å²) in [4.78, 5) is 25.2. The summed E-state index contributed by atoms with van der Waals surface area (Å²) in [6, 6.07) is 10.3. The lowest BCUT2D eigenvalue weighted by Gasteiger charge is -2.12. The molecule has 0 bridgehead atoms. The third kappa shape index (κ3) is 5.19. The Morgan fingerprint density at radius 2 is 2.00 bits per heavy atom. The lowest BCUT2D eigenvalue weighted by molar-refractivity contribution is -0.116. The molecule has 154 valence electrons. The molecule has 3 rings (SSSR count). The van der Waals surface area contributed by atoms with Crippen molar-refractivity contribution < 1.29 is 18.0 Å². The number of hydrogen-bond donors (Lipinski definition) is 2. The van der Waals surface area contributed by atoms with E-state index in [2.05, 4.69) is 10.6 Å². The molecule has 2 amide bonds.